The zero-order valence-corrected chi connectivity index (χ0v) is 9.09. The van der Waals surface area contributed by atoms with Gasteiger partial charge in [-0.1, -0.05) is 54.1 Å². The molecule has 0 saturated heterocycles. The van der Waals surface area contributed by atoms with Gasteiger partial charge in [0, 0.05) is 0 Å². The van der Waals surface area contributed by atoms with Crippen molar-refractivity contribution in [3.05, 3.63) is 54.1 Å². The predicted molar refractivity (Wildman–Crippen MR) is 66.4 cm³/mol. The Balaban J connectivity index is 2.61. The van der Waals surface area contributed by atoms with E-state index in [1.807, 2.05) is 55.5 Å². The van der Waals surface area contributed by atoms with Gasteiger partial charge in [0.15, 0.2) is 0 Å². The first-order chi connectivity index (χ1) is 7.70. The Morgan fingerprint density at radius 2 is 1.56 bits per heavy atom. The fourth-order valence-electron chi connectivity index (χ4n) is 1.89. The van der Waals surface area contributed by atoms with E-state index in [0.29, 0.717) is 5.46 Å². The fourth-order valence-corrected chi connectivity index (χ4v) is 1.89. The molecule has 2 rings (SSSR count). The van der Waals surface area contributed by atoms with Gasteiger partial charge in [-0.05, 0) is 23.5 Å². The maximum atomic E-state index is 9.40. The van der Waals surface area contributed by atoms with Gasteiger partial charge in [-0.2, -0.15) is 0 Å². The van der Waals surface area contributed by atoms with Gasteiger partial charge in [0.1, 0.15) is 0 Å². The molecular weight excluding hydrogens is 199 g/mol. The summed E-state index contributed by atoms with van der Waals surface area (Å²) in [5.74, 6) is 0. The molecule has 0 spiro atoms. The maximum Gasteiger partial charge on any atom is 0.489 e. The molecule has 3 heteroatoms. The lowest BCUT2D eigenvalue weighted by atomic mass is 9.73. The summed E-state index contributed by atoms with van der Waals surface area (Å²) in [6.07, 6.45) is 0. The predicted octanol–water partition coefficient (Wildman–Crippen LogP) is 1.34. The molecule has 2 aromatic carbocycles. The minimum absolute atomic E-state index is 0.578. The number of hydrogen-bond acceptors (Lipinski definition) is 2. The van der Waals surface area contributed by atoms with E-state index in [1.54, 1.807) is 0 Å². The van der Waals surface area contributed by atoms with Crippen LogP contribution in [0, 0.1) is 6.92 Å². The summed E-state index contributed by atoms with van der Waals surface area (Å²) in [6, 6.07) is 15.4. The summed E-state index contributed by atoms with van der Waals surface area (Å²) in [6.45, 7) is 1.88. The van der Waals surface area contributed by atoms with Crippen LogP contribution in [0.5, 0.6) is 0 Å². The summed E-state index contributed by atoms with van der Waals surface area (Å²) in [4.78, 5) is 0. The minimum Gasteiger partial charge on any atom is -0.423 e. The zero-order chi connectivity index (χ0) is 11.5. The molecule has 80 valence electrons. The Morgan fingerprint density at radius 3 is 2.19 bits per heavy atom. The van der Waals surface area contributed by atoms with Gasteiger partial charge in [-0.3, -0.25) is 0 Å². The molecule has 0 fully saturated rings. The van der Waals surface area contributed by atoms with E-state index in [-0.39, 0.29) is 0 Å². The zero-order valence-electron chi connectivity index (χ0n) is 9.09. The standard InChI is InChI=1S/C13H13BO2/c1-10-6-5-9-12(13(10)14(15)16)11-7-3-2-4-8-11/h2-9,15-16H,1H3. The van der Waals surface area contributed by atoms with Crippen molar-refractivity contribution in [1.82, 2.24) is 0 Å². The Hall–Kier alpha value is -1.58. The third kappa shape index (κ3) is 2.01. The van der Waals surface area contributed by atoms with Crippen LogP contribution in [-0.2, 0) is 0 Å². The first-order valence-electron chi connectivity index (χ1n) is 5.21. The van der Waals surface area contributed by atoms with Crippen LogP contribution in [0.3, 0.4) is 0 Å². The second-order valence-electron chi connectivity index (χ2n) is 3.78. The molecule has 0 bridgehead atoms. The van der Waals surface area contributed by atoms with E-state index in [2.05, 4.69) is 0 Å². The van der Waals surface area contributed by atoms with Crippen LogP contribution >= 0.6 is 0 Å². The van der Waals surface area contributed by atoms with Crippen molar-refractivity contribution in [2.75, 3.05) is 0 Å². The van der Waals surface area contributed by atoms with Gasteiger partial charge in [-0.15, -0.1) is 0 Å². The highest BCUT2D eigenvalue weighted by molar-refractivity contribution is 6.61. The van der Waals surface area contributed by atoms with Crippen LogP contribution in [0.4, 0.5) is 0 Å². The highest BCUT2D eigenvalue weighted by Crippen LogP contribution is 2.18. The molecule has 0 aliphatic heterocycles. The Morgan fingerprint density at radius 1 is 0.875 bits per heavy atom. The Kier molecular flexibility index (Phi) is 3.08. The highest BCUT2D eigenvalue weighted by Gasteiger charge is 2.18. The Bertz CT molecular complexity index is 481. The van der Waals surface area contributed by atoms with Crippen molar-refractivity contribution in [2.24, 2.45) is 0 Å². The van der Waals surface area contributed by atoms with E-state index in [0.717, 1.165) is 16.7 Å². The molecule has 2 aromatic rings. The SMILES string of the molecule is Cc1cccc(-c2ccccc2)c1B(O)O. The van der Waals surface area contributed by atoms with Crippen molar-refractivity contribution in [2.45, 2.75) is 6.92 Å². The van der Waals surface area contributed by atoms with Gasteiger partial charge >= 0.3 is 7.12 Å². The van der Waals surface area contributed by atoms with Gasteiger partial charge in [-0.25, -0.2) is 0 Å². The molecule has 16 heavy (non-hydrogen) atoms. The number of rotatable bonds is 2. The largest absolute Gasteiger partial charge is 0.489 e. The number of aryl methyl sites for hydroxylation is 1. The van der Waals surface area contributed by atoms with Crippen molar-refractivity contribution in [3.63, 3.8) is 0 Å². The van der Waals surface area contributed by atoms with Crippen LogP contribution in [0.2, 0.25) is 0 Å². The summed E-state index contributed by atoms with van der Waals surface area (Å²) in [5, 5.41) is 18.8. The van der Waals surface area contributed by atoms with E-state index < -0.39 is 7.12 Å². The van der Waals surface area contributed by atoms with Crippen LogP contribution in [-0.4, -0.2) is 17.2 Å². The van der Waals surface area contributed by atoms with Crippen molar-refractivity contribution in [3.8, 4) is 11.1 Å². The van der Waals surface area contributed by atoms with Crippen molar-refractivity contribution < 1.29 is 10.0 Å². The summed E-state index contributed by atoms with van der Waals surface area (Å²) >= 11 is 0. The maximum absolute atomic E-state index is 9.40. The average molecular weight is 212 g/mol. The van der Waals surface area contributed by atoms with E-state index in [9.17, 15) is 10.0 Å². The number of hydrogen-bond donors (Lipinski definition) is 2. The van der Waals surface area contributed by atoms with Gasteiger partial charge in [0.25, 0.3) is 0 Å². The molecule has 0 atom stereocenters. The molecule has 0 aliphatic rings. The summed E-state index contributed by atoms with van der Waals surface area (Å²) < 4.78 is 0. The lowest BCUT2D eigenvalue weighted by Crippen LogP contribution is -2.33. The fraction of sp³-hybridized carbons (Fsp3) is 0.0769. The van der Waals surface area contributed by atoms with Crippen molar-refractivity contribution >= 4 is 12.6 Å². The summed E-state index contributed by atoms with van der Waals surface area (Å²) in [5.41, 5.74) is 3.33. The molecule has 0 saturated carbocycles. The van der Waals surface area contributed by atoms with Gasteiger partial charge in [0.05, 0.1) is 0 Å². The van der Waals surface area contributed by atoms with Gasteiger partial charge in [0.2, 0.25) is 0 Å². The first-order valence-corrected chi connectivity index (χ1v) is 5.21. The molecule has 2 N–H and O–H groups in total. The topological polar surface area (TPSA) is 40.5 Å². The lowest BCUT2D eigenvalue weighted by Gasteiger charge is -2.11. The third-order valence-corrected chi connectivity index (χ3v) is 2.67. The van der Waals surface area contributed by atoms with E-state index in [4.69, 9.17) is 0 Å². The van der Waals surface area contributed by atoms with Crippen LogP contribution in [0.25, 0.3) is 11.1 Å². The van der Waals surface area contributed by atoms with E-state index >= 15 is 0 Å². The summed E-state index contributed by atoms with van der Waals surface area (Å²) in [7, 11) is -1.43. The molecule has 0 unspecified atom stereocenters. The second kappa shape index (κ2) is 4.52. The van der Waals surface area contributed by atoms with Crippen LogP contribution in [0.15, 0.2) is 48.5 Å². The highest BCUT2D eigenvalue weighted by atomic mass is 16.4. The average Bonchev–Trinajstić information content (AvgIpc) is 2.29. The van der Waals surface area contributed by atoms with Gasteiger partial charge < -0.3 is 10.0 Å². The minimum atomic E-state index is -1.43. The lowest BCUT2D eigenvalue weighted by molar-refractivity contribution is 0.425. The molecule has 0 aromatic heterocycles. The van der Waals surface area contributed by atoms with Crippen LogP contribution < -0.4 is 5.46 Å². The van der Waals surface area contributed by atoms with Crippen LogP contribution in [0.1, 0.15) is 5.56 Å². The quantitative estimate of drug-likeness (QED) is 0.737. The van der Waals surface area contributed by atoms with Crippen molar-refractivity contribution in [1.29, 1.82) is 0 Å². The third-order valence-electron chi connectivity index (χ3n) is 2.67. The molecular formula is C13H13BO2. The molecule has 0 amide bonds. The Labute approximate surface area is 95.3 Å². The second-order valence-corrected chi connectivity index (χ2v) is 3.78. The van der Waals surface area contributed by atoms with E-state index in [1.165, 1.54) is 0 Å². The molecule has 0 radical (unpaired) electrons. The molecule has 2 nitrogen and oxygen atoms in total. The number of benzene rings is 2. The molecule has 0 heterocycles. The first kappa shape index (κ1) is 10.9. The normalized spacial score (nSPS) is 10.2. The monoisotopic (exact) mass is 212 g/mol. The molecule has 0 aliphatic carbocycles. The smallest absolute Gasteiger partial charge is 0.423 e.